The molecule has 4 unspecified atom stereocenters. The van der Waals surface area contributed by atoms with E-state index in [0.717, 1.165) is 92.8 Å². The molecule has 41 heavy (non-hydrogen) atoms. The van der Waals surface area contributed by atoms with Gasteiger partial charge in [-0.05, 0) is 136 Å². The van der Waals surface area contributed by atoms with Crippen molar-refractivity contribution in [2.24, 2.45) is 52.3 Å². The number of rotatable bonds is 8. The first-order valence-corrected chi connectivity index (χ1v) is 17.9. The third-order valence-corrected chi connectivity index (χ3v) is 13.5. The summed E-state index contributed by atoms with van der Waals surface area (Å²) >= 11 is 0. The monoisotopic (exact) mass is 566 g/mol. The molecule has 0 heterocycles. The first-order chi connectivity index (χ1) is 19.7. The Labute approximate surface area is 252 Å². The van der Waals surface area contributed by atoms with E-state index in [9.17, 15) is 4.79 Å². The molecule has 3 saturated carbocycles. The number of carbonyl (C=O) groups excluding carboxylic acids is 1. The standard InChI is InChI=1S/C38H62O3/c1-7-28(26(2)3)16-15-27(4)33-19-20-34-32-18-17-29-25-31(21-23-37(29,5)35(32)22-24-38(33,34)6)41-36(39)40-30-13-11-9-8-10-12-14-30/h8-9,17,26-28,30-35H,7,10-16,18-25H2,1-6H3/b9-8+/t27-,28-,30?,31?,32+,33-,34?,35?,37+,38-/m1/s1. The molecule has 0 aromatic rings. The zero-order chi connectivity index (χ0) is 29.2. The van der Waals surface area contributed by atoms with E-state index in [-0.39, 0.29) is 17.6 Å². The molecule has 5 aliphatic rings. The van der Waals surface area contributed by atoms with E-state index >= 15 is 0 Å². The maximum absolute atomic E-state index is 12.7. The summed E-state index contributed by atoms with van der Waals surface area (Å²) < 4.78 is 11.8. The van der Waals surface area contributed by atoms with E-state index in [4.69, 9.17) is 9.47 Å². The highest BCUT2D eigenvalue weighted by molar-refractivity contribution is 5.60. The largest absolute Gasteiger partial charge is 0.508 e. The van der Waals surface area contributed by atoms with Crippen molar-refractivity contribution in [2.75, 3.05) is 0 Å². The summed E-state index contributed by atoms with van der Waals surface area (Å²) in [6.45, 7) is 15.1. The second-order valence-electron chi connectivity index (χ2n) is 15.9. The minimum absolute atomic E-state index is 0.00810. The second-order valence-corrected chi connectivity index (χ2v) is 15.9. The van der Waals surface area contributed by atoms with Crippen LogP contribution in [0, 0.1) is 52.3 Å². The predicted octanol–water partition coefficient (Wildman–Crippen LogP) is 11.1. The fraction of sp³-hybridized carbons (Fsp3) is 0.868. The van der Waals surface area contributed by atoms with Crippen LogP contribution in [-0.4, -0.2) is 18.4 Å². The highest BCUT2D eigenvalue weighted by atomic mass is 16.7. The number of fused-ring (bicyclic) bond motifs is 5. The number of hydrogen-bond acceptors (Lipinski definition) is 3. The minimum atomic E-state index is -0.430. The van der Waals surface area contributed by atoms with Crippen molar-refractivity contribution in [1.82, 2.24) is 0 Å². The lowest BCUT2D eigenvalue weighted by Crippen LogP contribution is -2.51. The lowest BCUT2D eigenvalue weighted by Gasteiger charge is -2.58. The van der Waals surface area contributed by atoms with Crippen LogP contribution in [0.2, 0.25) is 0 Å². The van der Waals surface area contributed by atoms with Crippen LogP contribution in [0.4, 0.5) is 4.79 Å². The summed E-state index contributed by atoms with van der Waals surface area (Å²) in [5.41, 5.74) is 2.40. The topological polar surface area (TPSA) is 35.5 Å². The second kappa shape index (κ2) is 13.2. The predicted molar refractivity (Wildman–Crippen MR) is 170 cm³/mol. The molecule has 3 heteroatoms. The van der Waals surface area contributed by atoms with Crippen molar-refractivity contribution >= 4 is 6.16 Å². The highest BCUT2D eigenvalue weighted by Crippen LogP contribution is 2.67. The van der Waals surface area contributed by atoms with Crippen molar-refractivity contribution in [3.8, 4) is 0 Å². The normalized spacial score (nSPS) is 41.1. The molecular formula is C38H62O3. The van der Waals surface area contributed by atoms with E-state index in [1.807, 2.05) is 0 Å². The van der Waals surface area contributed by atoms with Crippen molar-refractivity contribution in [3.05, 3.63) is 23.8 Å². The lowest BCUT2D eigenvalue weighted by atomic mass is 9.47. The van der Waals surface area contributed by atoms with Crippen LogP contribution >= 0.6 is 0 Å². The summed E-state index contributed by atoms with van der Waals surface area (Å²) in [4.78, 5) is 12.7. The first-order valence-electron chi connectivity index (χ1n) is 17.9. The molecule has 3 fully saturated rings. The maximum Gasteiger partial charge on any atom is 0.508 e. The van der Waals surface area contributed by atoms with Crippen molar-refractivity contribution < 1.29 is 14.3 Å². The van der Waals surface area contributed by atoms with Gasteiger partial charge in [0.2, 0.25) is 0 Å². The molecule has 0 amide bonds. The molecule has 0 N–H and O–H groups in total. The fourth-order valence-corrected chi connectivity index (χ4v) is 10.9. The summed E-state index contributed by atoms with van der Waals surface area (Å²) in [7, 11) is 0. The minimum Gasteiger partial charge on any atom is -0.431 e. The van der Waals surface area contributed by atoms with Crippen LogP contribution in [0.1, 0.15) is 144 Å². The fourth-order valence-electron chi connectivity index (χ4n) is 10.9. The van der Waals surface area contributed by atoms with Crippen molar-refractivity contribution in [3.63, 3.8) is 0 Å². The molecule has 3 nitrogen and oxygen atoms in total. The summed E-state index contributed by atoms with van der Waals surface area (Å²) in [6, 6.07) is 0. The van der Waals surface area contributed by atoms with Gasteiger partial charge in [-0.3, -0.25) is 0 Å². The van der Waals surface area contributed by atoms with Crippen LogP contribution < -0.4 is 0 Å². The molecule has 232 valence electrons. The van der Waals surface area contributed by atoms with Crippen LogP contribution in [0.15, 0.2) is 23.8 Å². The van der Waals surface area contributed by atoms with Gasteiger partial charge in [-0.25, -0.2) is 4.79 Å². The Morgan fingerprint density at radius 2 is 1.68 bits per heavy atom. The average molecular weight is 567 g/mol. The van der Waals surface area contributed by atoms with Gasteiger partial charge in [0, 0.05) is 6.42 Å². The molecule has 0 bridgehead atoms. The van der Waals surface area contributed by atoms with Gasteiger partial charge in [0.15, 0.2) is 0 Å². The van der Waals surface area contributed by atoms with Gasteiger partial charge in [-0.2, -0.15) is 0 Å². The van der Waals surface area contributed by atoms with Crippen LogP contribution in [0.25, 0.3) is 0 Å². The van der Waals surface area contributed by atoms with E-state index < -0.39 is 6.16 Å². The van der Waals surface area contributed by atoms with Gasteiger partial charge in [-0.15, -0.1) is 0 Å². The zero-order valence-corrected chi connectivity index (χ0v) is 27.5. The molecule has 10 atom stereocenters. The van der Waals surface area contributed by atoms with Crippen LogP contribution in [-0.2, 0) is 9.47 Å². The van der Waals surface area contributed by atoms with Gasteiger partial charge in [-0.1, -0.05) is 78.2 Å². The Hall–Kier alpha value is -1.25. The number of allylic oxidation sites excluding steroid dienone is 3. The highest BCUT2D eigenvalue weighted by Gasteiger charge is 2.59. The number of ether oxygens (including phenoxy) is 2. The van der Waals surface area contributed by atoms with E-state index in [2.05, 4.69) is 59.8 Å². The third-order valence-electron chi connectivity index (χ3n) is 13.5. The molecule has 0 aliphatic heterocycles. The summed E-state index contributed by atoms with van der Waals surface area (Å²) in [6.07, 6.45) is 25.8. The molecular weight excluding hydrogens is 504 g/mol. The van der Waals surface area contributed by atoms with Crippen LogP contribution in [0.5, 0.6) is 0 Å². The SMILES string of the molecule is CC[C@H](CC[C@@H](C)[C@H]1CCC2[C@@H]3CC=C4CC(OC(=O)OC5CC/C=C/CCC5)CC[C@]4(C)C3CC[C@@]21C)C(C)C. The average Bonchev–Trinajstić information content (AvgIpc) is 3.27. The Kier molecular flexibility index (Phi) is 10.0. The Bertz CT molecular complexity index is 949. The van der Waals surface area contributed by atoms with E-state index in [1.54, 1.807) is 5.57 Å². The van der Waals surface area contributed by atoms with E-state index in [1.165, 1.54) is 51.4 Å². The molecule has 0 radical (unpaired) electrons. The maximum atomic E-state index is 12.7. The van der Waals surface area contributed by atoms with Gasteiger partial charge in [0.25, 0.3) is 0 Å². The molecule has 5 rings (SSSR count). The quantitative estimate of drug-likeness (QED) is 0.216. The molecule has 5 aliphatic carbocycles. The van der Waals surface area contributed by atoms with Gasteiger partial charge < -0.3 is 9.47 Å². The van der Waals surface area contributed by atoms with Crippen molar-refractivity contribution in [1.29, 1.82) is 0 Å². The lowest BCUT2D eigenvalue weighted by molar-refractivity contribution is -0.0644. The third kappa shape index (κ3) is 6.50. The van der Waals surface area contributed by atoms with Gasteiger partial charge in [0.05, 0.1) is 0 Å². The molecule has 0 saturated heterocycles. The first kappa shape index (κ1) is 31.2. The smallest absolute Gasteiger partial charge is 0.431 e. The van der Waals surface area contributed by atoms with E-state index in [0.29, 0.717) is 5.41 Å². The zero-order valence-electron chi connectivity index (χ0n) is 27.5. The van der Waals surface area contributed by atoms with Gasteiger partial charge >= 0.3 is 6.16 Å². The van der Waals surface area contributed by atoms with Crippen LogP contribution in [0.3, 0.4) is 0 Å². The summed E-state index contributed by atoms with van der Waals surface area (Å²) in [5, 5.41) is 0. The Balaban J connectivity index is 1.19. The number of hydrogen-bond donors (Lipinski definition) is 0. The van der Waals surface area contributed by atoms with Gasteiger partial charge in [0.1, 0.15) is 12.2 Å². The van der Waals surface area contributed by atoms with Crippen molar-refractivity contribution in [2.45, 2.75) is 156 Å². The summed E-state index contributed by atoms with van der Waals surface area (Å²) in [5.74, 6) is 5.99. The molecule has 0 spiro atoms. The molecule has 0 aromatic carbocycles. The number of carbonyl (C=O) groups is 1. The Morgan fingerprint density at radius 3 is 2.46 bits per heavy atom. The molecule has 0 aromatic heterocycles. The Morgan fingerprint density at radius 1 is 0.902 bits per heavy atom.